The molecule has 3 amide bonds. The molecule has 4 atom stereocenters. The number of benzene rings is 2. The number of alkyl carbamates (subject to hydrolysis) is 1. The summed E-state index contributed by atoms with van der Waals surface area (Å²) in [6.45, 7) is 9.49. The number of nitrogens with one attached hydrogen (secondary N) is 3. The minimum atomic E-state index is -0.932. The summed E-state index contributed by atoms with van der Waals surface area (Å²) >= 11 is 0. The number of aromatic nitrogens is 4. The van der Waals surface area contributed by atoms with Crippen molar-refractivity contribution in [3.8, 4) is 33.6 Å². The fourth-order valence-electron chi connectivity index (χ4n) is 7.56. The fraction of sp³-hybridized carbons (Fsp3) is 0.452. The number of carbonyl (C=O) groups excluding carboxylic acids is 3. The van der Waals surface area contributed by atoms with Crippen molar-refractivity contribution >= 4 is 18.1 Å². The largest absolute Gasteiger partial charge is 0.453 e. The van der Waals surface area contributed by atoms with Gasteiger partial charge in [0.25, 0.3) is 0 Å². The van der Waals surface area contributed by atoms with Gasteiger partial charge in [-0.2, -0.15) is 0 Å². The van der Waals surface area contributed by atoms with Crippen molar-refractivity contribution in [2.45, 2.75) is 89.8 Å². The summed E-state index contributed by atoms with van der Waals surface area (Å²) in [7, 11) is 1.27. The van der Waals surface area contributed by atoms with Gasteiger partial charge in [-0.15, -0.1) is 0 Å². The van der Waals surface area contributed by atoms with Crippen LogP contribution < -0.4 is 5.32 Å². The number of imidazole rings is 2. The Hall–Kier alpha value is -5.47. The Morgan fingerprint density at radius 3 is 2.25 bits per heavy atom. The highest BCUT2D eigenvalue weighted by molar-refractivity contribution is 5.87. The zero-order valence-corrected chi connectivity index (χ0v) is 32.7. The lowest BCUT2D eigenvalue weighted by atomic mass is 10.0. The van der Waals surface area contributed by atoms with E-state index >= 15 is 0 Å². The third kappa shape index (κ3) is 8.66. The SMILES string of the molecule is COC(=O)N[C@@H]1C(=O)N2CCC[C@H]2c2nc(-c3ccc(-c4ccc(-c5c[nH]c([C@@H]6CCCN6C(=O)OC(C)(C)C)n5)cc4)cc3)c([nH]2)COCC=CCO[C@@H]1C. The number of likely N-dealkylation sites (tertiary alicyclic amines) is 1. The number of carbonyl (C=O) groups is 3. The maximum atomic E-state index is 14.0. The molecule has 2 aromatic heterocycles. The minimum absolute atomic E-state index is 0.146. The molecule has 0 radical (unpaired) electrons. The van der Waals surface area contributed by atoms with E-state index in [1.165, 1.54) is 7.11 Å². The number of amides is 3. The van der Waals surface area contributed by atoms with E-state index < -0.39 is 23.8 Å². The average molecular weight is 766 g/mol. The Labute approximate surface area is 327 Å². The summed E-state index contributed by atoms with van der Waals surface area (Å²) in [5, 5.41) is 2.69. The lowest BCUT2D eigenvalue weighted by Gasteiger charge is -2.31. The van der Waals surface area contributed by atoms with E-state index in [0.29, 0.717) is 32.1 Å². The van der Waals surface area contributed by atoms with Gasteiger partial charge in [-0.05, 0) is 64.5 Å². The van der Waals surface area contributed by atoms with E-state index in [-0.39, 0.29) is 30.7 Å². The van der Waals surface area contributed by atoms with Crippen molar-refractivity contribution in [2.24, 2.45) is 0 Å². The Bertz CT molecular complexity index is 2030. The minimum Gasteiger partial charge on any atom is -0.453 e. The molecule has 3 N–H and O–H groups in total. The van der Waals surface area contributed by atoms with Crippen molar-refractivity contribution in [1.82, 2.24) is 35.1 Å². The number of fused-ring (bicyclic) bond motifs is 4. The van der Waals surface area contributed by atoms with E-state index in [9.17, 15) is 14.4 Å². The Morgan fingerprint density at radius 2 is 1.54 bits per heavy atom. The first-order valence-corrected chi connectivity index (χ1v) is 19.3. The van der Waals surface area contributed by atoms with E-state index in [1.54, 1.807) is 16.7 Å². The van der Waals surface area contributed by atoms with Crippen LogP contribution in [0.2, 0.25) is 0 Å². The second-order valence-corrected chi connectivity index (χ2v) is 15.4. The molecule has 14 heteroatoms. The van der Waals surface area contributed by atoms with Crippen molar-refractivity contribution in [3.63, 3.8) is 0 Å². The quantitative estimate of drug-likeness (QED) is 0.180. The highest BCUT2D eigenvalue weighted by Crippen LogP contribution is 2.36. The lowest BCUT2D eigenvalue weighted by molar-refractivity contribution is -0.138. The first-order chi connectivity index (χ1) is 27.0. The molecule has 0 saturated carbocycles. The first-order valence-electron chi connectivity index (χ1n) is 19.3. The van der Waals surface area contributed by atoms with Crippen LogP contribution in [-0.2, 0) is 30.3 Å². The second kappa shape index (κ2) is 16.7. The molecule has 0 spiro atoms. The summed E-state index contributed by atoms with van der Waals surface area (Å²) in [5.74, 6) is 1.19. The highest BCUT2D eigenvalue weighted by atomic mass is 16.6. The molecular weight excluding hydrogens is 715 g/mol. The number of aromatic amines is 2. The van der Waals surface area contributed by atoms with Crippen LogP contribution in [0, 0.1) is 0 Å². The van der Waals surface area contributed by atoms with Gasteiger partial charge in [-0.25, -0.2) is 19.6 Å². The molecule has 296 valence electrons. The van der Waals surface area contributed by atoms with Crippen LogP contribution >= 0.6 is 0 Å². The third-order valence-corrected chi connectivity index (χ3v) is 10.4. The van der Waals surface area contributed by atoms with Crippen LogP contribution in [0.5, 0.6) is 0 Å². The standard InChI is InChI=1S/C42H51N7O7/c1-26-35(47-40(51)53-5)39(50)48-20-8-11-34(48)38-45-32(25-54-22-6-7-23-55-26)36(46-38)30-18-14-28(15-19-30)27-12-16-29(17-13-27)31-24-43-37(44-31)33-10-9-21-49(33)41(52)56-42(2,3)4/h6-7,12-19,24,26,33-35H,8-11,20-23,25H2,1-5H3,(H,43,44)(H,45,46)(H,47,51)/t26-,33+,34+,35+/m1/s1. The van der Waals surface area contributed by atoms with Crippen molar-refractivity contribution in [3.05, 3.63) is 84.2 Å². The molecule has 2 fully saturated rings. The van der Waals surface area contributed by atoms with Crippen molar-refractivity contribution in [2.75, 3.05) is 33.4 Å². The predicted molar refractivity (Wildman–Crippen MR) is 209 cm³/mol. The number of hydrogen-bond donors (Lipinski definition) is 3. The van der Waals surface area contributed by atoms with Crippen LogP contribution in [0.25, 0.3) is 33.6 Å². The van der Waals surface area contributed by atoms with Gasteiger partial charge in [0.15, 0.2) is 0 Å². The fourth-order valence-corrected chi connectivity index (χ4v) is 7.56. The third-order valence-electron chi connectivity index (χ3n) is 10.4. The maximum absolute atomic E-state index is 14.0. The topological polar surface area (TPSA) is 164 Å². The molecule has 56 heavy (non-hydrogen) atoms. The van der Waals surface area contributed by atoms with Crippen LogP contribution in [0.3, 0.4) is 0 Å². The zero-order valence-electron chi connectivity index (χ0n) is 32.7. The van der Waals surface area contributed by atoms with E-state index in [1.807, 2.05) is 39.1 Å². The number of hydrogen-bond acceptors (Lipinski definition) is 9. The van der Waals surface area contributed by atoms with E-state index in [0.717, 1.165) is 70.8 Å². The monoisotopic (exact) mass is 765 g/mol. The van der Waals surface area contributed by atoms with E-state index in [4.69, 9.17) is 28.9 Å². The van der Waals surface area contributed by atoms with Gasteiger partial charge in [0.1, 0.15) is 23.3 Å². The molecule has 2 saturated heterocycles. The van der Waals surface area contributed by atoms with Gasteiger partial charge in [-0.1, -0.05) is 60.7 Å². The highest BCUT2D eigenvalue weighted by Gasteiger charge is 2.39. The van der Waals surface area contributed by atoms with Crippen LogP contribution in [0.1, 0.15) is 82.8 Å². The molecule has 3 aliphatic heterocycles. The Kier molecular flexibility index (Phi) is 11.6. The summed E-state index contributed by atoms with van der Waals surface area (Å²) in [6, 6.07) is 15.1. The summed E-state index contributed by atoms with van der Waals surface area (Å²) in [5.41, 5.74) is 5.82. The molecule has 2 aromatic carbocycles. The summed E-state index contributed by atoms with van der Waals surface area (Å²) in [6.07, 6.45) is 7.23. The van der Waals surface area contributed by atoms with Gasteiger partial charge in [0.2, 0.25) is 5.91 Å². The lowest BCUT2D eigenvalue weighted by Crippen LogP contribution is -2.54. The Morgan fingerprint density at radius 1 is 0.875 bits per heavy atom. The predicted octanol–water partition coefficient (Wildman–Crippen LogP) is 7.09. The molecule has 3 aliphatic rings. The molecule has 14 nitrogen and oxygen atoms in total. The van der Waals surface area contributed by atoms with Gasteiger partial charge in [0, 0.05) is 30.4 Å². The second-order valence-electron chi connectivity index (χ2n) is 15.4. The molecular formula is C42H51N7O7. The van der Waals surface area contributed by atoms with Crippen LogP contribution in [0.4, 0.5) is 9.59 Å². The summed E-state index contributed by atoms with van der Waals surface area (Å²) < 4.78 is 22.4. The maximum Gasteiger partial charge on any atom is 0.410 e. The number of rotatable bonds is 5. The number of nitrogens with zero attached hydrogens (tertiary/aromatic N) is 4. The van der Waals surface area contributed by atoms with Crippen molar-refractivity contribution < 1.29 is 33.3 Å². The van der Waals surface area contributed by atoms with Gasteiger partial charge >= 0.3 is 12.2 Å². The molecule has 4 aromatic rings. The van der Waals surface area contributed by atoms with Crippen LogP contribution in [0.15, 0.2) is 66.9 Å². The number of methoxy groups -OCH3 is 1. The van der Waals surface area contributed by atoms with Gasteiger partial charge < -0.3 is 39.1 Å². The van der Waals surface area contributed by atoms with Gasteiger partial charge in [0.05, 0.1) is 62.2 Å². The number of H-pyrrole nitrogens is 2. The van der Waals surface area contributed by atoms with Gasteiger partial charge in [-0.3, -0.25) is 9.69 Å². The first kappa shape index (κ1) is 38.8. The number of ether oxygens (including phenoxy) is 4. The molecule has 7 rings (SSSR count). The molecule has 0 unspecified atom stereocenters. The van der Waals surface area contributed by atoms with Crippen LogP contribution in [-0.4, -0.2) is 99.0 Å². The smallest absolute Gasteiger partial charge is 0.410 e. The zero-order chi connectivity index (χ0) is 39.4. The normalized spacial score (nSPS) is 22.0. The molecule has 0 aliphatic carbocycles. The molecule has 2 bridgehead atoms. The Balaban J connectivity index is 1.09. The average Bonchev–Trinajstić information content (AvgIpc) is 4.02. The molecule has 5 heterocycles. The van der Waals surface area contributed by atoms with Crippen molar-refractivity contribution in [1.29, 1.82) is 0 Å². The summed E-state index contributed by atoms with van der Waals surface area (Å²) in [4.78, 5) is 59.4. The van der Waals surface area contributed by atoms with E-state index in [2.05, 4.69) is 63.8 Å².